The molecule has 106 valence electrons. The molecule has 0 amide bonds. The number of imidazole rings is 1. The maximum absolute atomic E-state index is 11.3. The number of nitrogen functional groups attached to an aromatic ring is 1. The Bertz CT molecular complexity index is 647. The minimum absolute atomic E-state index is 0.0401. The fraction of sp³-hybridized carbons (Fsp3) is 0.286. The van der Waals surface area contributed by atoms with Crippen molar-refractivity contribution in [3.05, 3.63) is 29.5 Å². The number of hydrogen-bond acceptors (Lipinski definition) is 4. The van der Waals surface area contributed by atoms with E-state index in [1.54, 1.807) is 6.07 Å². The summed E-state index contributed by atoms with van der Waals surface area (Å²) in [7, 11) is 1.53. The number of carboxylic acids is 1. The molecule has 0 aliphatic rings. The van der Waals surface area contributed by atoms with Crippen LogP contribution in [0.25, 0.3) is 11.3 Å². The summed E-state index contributed by atoms with van der Waals surface area (Å²) in [5, 5.41) is 9.21. The molecule has 2 aromatic rings. The van der Waals surface area contributed by atoms with Gasteiger partial charge in [0.25, 0.3) is 0 Å². The zero-order valence-electron chi connectivity index (χ0n) is 11.6. The van der Waals surface area contributed by atoms with Gasteiger partial charge in [0.15, 0.2) is 11.6 Å². The molecule has 0 saturated carbocycles. The third kappa shape index (κ3) is 2.45. The molecule has 6 heteroatoms. The number of rotatable bonds is 4. The van der Waals surface area contributed by atoms with Crippen LogP contribution in [0.2, 0.25) is 0 Å². The summed E-state index contributed by atoms with van der Waals surface area (Å²) < 4.78 is 5.29. The van der Waals surface area contributed by atoms with E-state index in [4.69, 9.17) is 10.5 Å². The lowest BCUT2D eigenvalue weighted by molar-refractivity contribution is 0.0692. The standard InChI is InChI=1S/C14H17N3O3/c1-7(2)8-4-5-10(20-3)9(6-8)11-12(13(18)19)17-14(15)16-11/h4-7H,1-3H3,(H,18,19)(H3,15,16,17). The molecule has 20 heavy (non-hydrogen) atoms. The Morgan fingerprint density at radius 1 is 1.45 bits per heavy atom. The van der Waals surface area contributed by atoms with Gasteiger partial charge in [-0.1, -0.05) is 19.9 Å². The summed E-state index contributed by atoms with van der Waals surface area (Å²) in [6.07, 6.45) is 0. The van der Waals surface area contributed by atoms with Gasteiger partial charge in [-0.05, 0) is 23.6 Å². The van der Waals surface area contributed by atoms with E-state index in [0.717, 1.165) is 5.56 Å². The van der Waals surface area contributed by atoms with Crippen molar-refractivity contribution in [2.45, 2.75) is 19.8 Å². The number of nitrogens with two attached hydrogens (primary N) is 1. The predicted octanol–water partition coefficient (Wildman–Crippen LogP) is 2.49. The van der Waals surface area contributed by atoms with E-state index in [2.05, 4.69) is 23.8 Å². The number of aromatic nitrogens is 2. The van der Waals surface area contributed by atoms with Crippen molar-refractivity contribution < 1.29 is 14.6 Å². The number of nitrogens with zero attached hydrogens (tertiary/aromatic N) is 1. The molecule has 4 N–H and O–H groups in total. The Kier molecular flexibility index (Phi) is 3.65. The molecule has 0 aliphatic heterocycles. The highest BCUT2D eigenvalue weighted by atomic mass is 16.5. The number of H-pyrrole nitrogens is 1. The second kappa shape index (κ2) is 5.24. The Balaban J connectivity index is 2.67. The van der Waals surface area contributed by atoms with Crippen molar-refractivity contribution in [1.82, 2.24) is 9.97 Å². The molecule has 0 atom stereocenters. The Morgan fingerprint density at radius 3 is 2.70 bits per heavy atom. The average Bonchev–Trinajstić information content (AvgIpc) is 2.80. The van der Waals surface area contributed by atoms with E-state index in [9.17, 15) is 9.90 Å². The first-order chi connectivity index (χ1) is 9.43. The second-order valence-electron chi connectivity index (χ2n) is 4.77. The zero-order chi connectivity index (χ0) is 14.9. The van der Waals surface area contributed by atoms with E-state index in [0.29, 0.717) is 17.2 Å². The molecule has 1 heterocycles. The summed E-state index contributed by atoms with van der Waals surface area (Å²) >= 11 is 0. The first-order valence-electron chi connectivity index (χ1n) is 6.21. The fourth-order valence-corrected chi connectivity index (χ4v) is 2.01. The van der Waals surface area contributed by atoms with Crippen molar-refractivity contribution in [3.8, 4) is 17.0 Å². The van der Waals surface area contributed by atoms with Crippen LogP contribution in [0.5, 0.6) is 5.75 Å². The number of carbonyl (C=O) groups is 1. The van der Waals surface area contributed by atoms with Crippen molar-refractivity contribution >= 4 is 11.9 Å². The van der Waals surface area contributed by atoms with Crippen molar-refractivity contribution in [2.24, 2.45) is 0 Å². The molecular weight excluding hydrogens is 258 g/mol. The van der Waals surface area contributed by atoms with Gasteiger partial charge in [0.1, 0.15) is 11.4 Å². The van der Waals surface area contributed by atoms with Crippen LogP contribution in [0, 0.1) is 0 Å². The summed E-state index contributed by atoms with van der Waals surface area (Å²) in [6, 6.07) is 5.64. The van der Waals surface area contributed by atoms with Gasteiger partial charge in [-0.2, -0.15) is 0 Å². The third-order valence-electron chi connectivity index (χ3n) is 3.08. The lowest BCUT2D eigenvalue weighted by Gasteiger charge is -2.11. The van der Waals surface area contributed by atoms with Gasteiger partial charge in [0.05, 0.1) is 7.11 Å². The number of aromatic carboxylic acids is 1. The maximum Gasteiger partial charge on any atom is 0.354 e. The van der Waals surface area contributed by atoms with Gasteiger partial charge in [-0.25, -0.2) is 9.78 Å². The third-order valence-corrected chi connectivity index (χ3v) is 3.08. The van der Waals surface area contributed by atoms with E-state index in [1.807, 2.05) is 12.1 Å². The van der Waals surface area contributed by atoms with Crippen LogP contribution in [0.15, 0.2) is 18.2 Å². The van der Waals surface area contributed by atoms with Crippen LogP contribution in [0.4, 0.5) is 5.95 Å². The molecule has 0 spiro atoms. The minimum Gasteiger partial charge on any atom is -0.496 e. The number of hydrogen-bond donors (Lipinski definition) is 3. The number of benzene rings is 1. The number of aromatic amines is 1. The van der Waals surface area contributed by atoms with Crippen LogP contribution >= 0.6 is 0 Å². The largest absolute Gasteiger partial charge is 0.496 e. The number of ether oxygens (including phenoxy) is 1. The minimum atomic E-state index is -1.11. The molecule has 0 radical (unpaired) electrons. The number of methoxy groups -OCH3 is 1. The lowest BCUT2D eigenvalue weighted by Crippen LogP contribution is -2.01. The fourth-order valence-electron chi connectivity index (χ4n) is 2.01. The SMILES string of the molecule is COc1ccc(C(C)C)cc1-c1nc(N)[nH]c1C(=O)O. The monoisotopic (exact) mass is 275 g/mol. The molecule has 0 unspecified atom stereocenters. The summed E-state index contributed by atoms with van der Waals surface area (Å²) in [4.78, 5) is 17.9. The molecule has 1 aromatic heterocycles. The molecule has 6 nitrogen and oxygen atoms in total. The average molecular weight is 275 g/mol. The van der Waals surface area contributed by atoms with Gasteiger partial charge in [-0.15, -0.1) is 0 Å². The number of anilines is 1. The predicted molar refractivity (Wildman–Crippen MR) is 76.0 cm³/mol. The van der Waals surface area contributed by atoms with Crippen molar-refractivity contribution in [1.29, 1.82) is 0 Å². The van der Waals surface area contributed by atoms with Crippen LogP contribution in [0.1, 0.15) is 35.8 Å². The molecule has 1 aromatic carbocycles. The van der Waals surface area contributed by atoms with E-state index in [-0.39, 0.29) is 17.3 Å². The summed E-state index contributed by atoms with van der Waals surface area (Å²) in [6.45, 7) is 4.12. The van der Waals surface area contributed by atoms with Crippen molar-refractivity contribution in [3.63, 3.8) is 0 Å². The molecule has 0 fully saturated rings. The lowest BCUT2D eigenvalue weighted by atomic mass is 9.98. The first kappa shape index (κ1) is 13.9. The highest BCUT2D eigenvalue weighted by Crippen LogP contribution is 2.34. The highest BCUT2D eigenvalue weighted by molar-refractivity contribution is 5.94. The summed E-state index contributed by atoms with van der Waals surface area (Å²) in [5.41, 5.74) is 7.50. The molecular formula is C14H17N3O3. The molecule has 0 bridgehead atoms. The normalized spacial score (nSPS) is 10.8. The smallest absolute Gasteiger partial charge is 0.354 e. The number of carboxylic acid groups (broad SMARTS) is 1. The van der Waals surface area contributed by atoms with Crippen LogP contribution in [0.3, 0.4) is 0 Å². The van der Waals surface area contributed by atoms with Crippen LogP contribution < -0.4 is 10.5 Å². The zero-order valence-corrected chi connectivity index (χ0v) is 11.6. The quantitative estimate of drug-likeness (QED) is 0.795. The molecule has 2 rings (SSSR count). The van der Waals surface area contributed by atoms with Gasteiger partial charge in [0, 0.05) is 5.56 Å². The van der Waals surface area contributed by atoms with E-state index < -0.39 is 5.97 Å². The van der Waals surface area contributed by atoms with Gasteiger partial charge >= 0.3 is 5.97 Å². The molecule has 0 saturated heterocycles. The topological polar surface area (TPSA) is 101 Å². The van der Waals surface area contributed by atoms with Gasteiger partial charge in [0.2, 0.25) is 0 Å². The van der Waals surface area contributed by atoms with Crippen LogP contribution in [-0.4, -0.2) is 28.2 Å². The second-order valence-corrected chi connectivity index (χ2v) is 4.77. The van der Waals surface area contributed by atoms with Crippen molar-refractivity contribution in [2.75, 3.05) is 12.8 Å². The number of nitrogens with one attached hydrogen (secondary N) is 1. The first-order valence-corrected chi connectivity index (χ1v) is 6.21. The Hall–Kier alpha value is -2.50. The summed E-state index contributed by atoms with van der Waals surface area (Å²) in [5.74, 6) is -0.178. The highest BCUT2D eigenvalue weighted by Gasteiger charge is 2.20. The Morgan fingerprint density at radius 2 is 2.15 bits per heavy atom. The van der Waals surface area contributed by atoms with Gasteiger partial charge in [-0.3, -0.25) is 0 Å². The van der Waals surface area contributed by atoms with E-state index in [1.165, 1.54) is 7.11 Å². The van der Waals surface area contributed by atoms with Crippen LogP contribution in [-0.2, 0) is 0 Å². The Labute approximate surface area is 116 Å². The maximum atomic E-state index is 11.3. The van der Waals surface area contributed by atoms with E-state index >= 15 is 0 Å². The molecule has 0 aliphatic carbocycles. The van der Waals surface area contributed by atoms with Gasteiger partial charge < -0.3 is 20.6 Å².